The summed E-state index contributed by atoms with van der Waals surface area (Å²) in [5.41, 5.74) is 4.07. The van der Waals surface area contributed by atoms with Gasteiger partial charge in [0.2, 0.25) is 0 Å². The van der Waals surface area contributed by atoms with E-state index >= 15 is 0 Å². The Kier molecular flexibility index (Phi) is 4.29. The molecule has 0 spiro atoms. The summed E-state index contributed by atoms with van der Waals surface area (Å²) in [6.45, 7) is 0.894. The molecule has 1 aliphatic rings. The molecule has 1 radical (unpaired) electrons. The van der Waals surface area contributed by atoms with E-state index in [9.17, 15) is 0 Å². The first kappa shape index (κ1) is 16.3. The molecule has 3 heterocycles. The number of rotatable bonds is 5. The molecule has 1 aliphatic heterocycles. The number of aromatic nitrogens is 3. The number of nitrogens with zero attached hydrogens (tertiary/aromatic N) is 4. The second-order valence-electron chi connectivity index (χ2n) is 6.22. The van der Waals surface area contributed by atoms with Gasteiger partial charge in [0.25, 0.3) is 0 Å². The monoisotopic (exact) mass is 401 g/mol. The Morgan fingerprint density at radius 3 is 2.84 bits per heavy atom. The molecule has 0 bridgehead atoms. The molecular formula is C18H21N6Se+2. The van der Waals surface area contributed by atoms with E-state index in [1.165, 1.54) is 4.90 Å². The first-order valence-corrected chi connectivity index (χ1v) is 9.62. The van der Waals surface area contributed by atoms with E-state index in [2.05, 4.69) is 60.8 Å². The average molecular weight is 400 g/mol. The van der Waals surface area contributed by atoms with Crippen molar-refractivity contribution in [3.63, 3.8) is 0 Å². The van der Waals surface area contributed by atoms with Gasteiger partial charge in [-0.1, -0.05) is 0 Å². The van der Waals surface area contributed by atoms with Gasteiger partial charge in [-0.3, -0.25) is 0 Å². The van der Waals surface area contributed by atoms with Crippen molar-refractivity contribution >= 4 is 45.3 Å². The van der Waals surface area contributed by atoms with Gasteiger partial charge >= 0.3 is 155 Å². The van der Waals surface area contributed by atoms with Gasteiger partial charge in [0.15, 0.2) is 0 Å². The molecule has 0 fully saturated rings. The van der Waals surface area contributed by atoms with Crippen molar-refractivity contribution in [2.24, 2.45) is 0 Å². The van der Waals surface area contributed by atoms with Crippen molar-refractivity contribution in [1.82, 2.24) is 14.4 Å². The standard InChI is InChI=1S/C18H20N6Se/c1-22-12-23(2)17-15(22)18-21-14(13-7-4-3-5-8-13)16(19-9-6-10-25)24(18)11-20-17/h3-5,7-8,11-12,19H,6,9-10H2,1-2H3/q+1/p+1. The first-order chi connectivity index (χ1) is 12.2. The van der Waals surface area contributed by atoms with Crippen molar-refractivity contribution < 1.29 is 9.48 Å². The number of imidazole rings is 1. The summed E-state index contributed by atoms with van der Waals surface area (Å²) in [6, 6.07) is 10.3. The Bertz CT molecular complexity index is 947. The zero-order valence-electron chi connectivity index (χ0n) is 14.4. The van der Waals surface area contributed by atoms with Gasteiger partial charge in [0.05, 0.1) is 0 Å². The zero-order valence-corrected chi connectivity index (χ0v) is 16.1. The van der Waals surface area contributed by atoms with E-state index in [4.69, 9.17) is 4.98 Å². The summed E-state index contributed by atoms with van der Waals surface area (Å²) >= 11 is 3.06. The molecule has 127 valence electrons. The third-order valence-electron chi connectivity index (χ3n) is 4.42. The Labute approximate surface area is 155 Å². The fourth-order valence-corrected chi connectivity index (χ4v) is 3.57. The summed E-state index contributed by atoms with van der Waals surface area (Å²) in [4.78, 5) is 10.8. The predicted molar refractivity (Wildman–Crippen MR) is 101 cm³/mol. The number of quaternary nitrogens is 1. The van der Waals surface area contributed by atoms with E-state index < -0.39 is 0 Å². The van der Waals surface area contributed by atoms with E-state index in [1.54, 1.807) is 0 Å². The van der Waals surface area contributed by atoms with Crippen LogP contribution in [0.3, 0.4) is 0 Å². The SMILES string of the molecule is C[N+]1=C[NH+](C)c2ncn3c(NCCC[Se])c(-c4ccccc4)nc3c21. The second-order valence-corrected chi connectivity index (χ2v) is 7.07. The van der Waals surface area contributed by atoms with Crippen LogP contribution < -0.4 is 10.2 Å². The summed E-state index contributed by atoms with van der Waals surface area (Å²) in [5.74, 6) is 2.01. The Balaban J connectivity index is 1.93. The second kappa shape index (κ2) is 6.59. The molecule has 0 saturated heterocycles. The minimum absolute atomic E-state index is 0.894. The maximum atomic E-state index is 5.00. The van der Waals surface area contributed by atoms with Crippen LogP contribution in [0.25, 0.3) is 16.9 Å². The molecule has 0 saturated carbocycles. The van der Waals surface area contributed by atoms with Gasteiger partial charge in [0, 0.05) is 0 Å². The Morgan fingerprint density at radius 1 is 1.28 bits per heavy atom. The number of hydrogen-bond acceptors (Lipinski definition) is 3. The maximum absolute atomic E-state index is 5.00. The van der Waals surface area contributed by atoms with Crippen LogP contribution in [0.2, 0.25) is 5.32 Å². The van der Waals surface area contributed by atoms with Crippen LogP contribution in [0.4, 0.5) is 17.3 Å². The molecule has 25 heavy (non-hydrogen) atoms. The molecule has 2 aromatic heterocycles. The molecule has 1 unspecified atom stereocenters. The van der Waals surface area contributed by atoms with Crippen molar-refractivity contribution in [1.29, 1.82) is 0 Å². The van der Waals surface area contributed by atoms with Gasteiger partial charge in [-0.15, -0.1) is 0 Å². The third kappa shape index (κ3) is 2.74. The molecule has 1 atom stereocenters. The normalized spacial score (nSPS) is 16.1. The van der Waals surface area contributed by atoms with E-state index in [0.29, 0.717) is 0 Å². The van der Waals surface area contributed by atoms with E-state index in [0.717, 1.165) is 52.5 Å². The fourth-order valence-electron chi connectivity index (χ4n) is 3.27. The molecule has 3 aromatic rings. The van der Waals surface area contributed by atoms with Crippen molar-refractivity contribution in [2.75, 3.05) is 26.0 Å². The van der Waals surface area contributed by atoms with Gasteiger partial charge in [-0.2, -0.15) is 0 Å². The minimum atomic E-state index is 0.894. The molecular weight excluding hydrogens is 379 g/mol. The van der Waals surface area contributed by atoms with Crippen LogP contribution in [-0.2, 0) is 0 Å². The van der Waals surface area contributed by atoms with Gasteiger partial charge in [-0.25, -0.2) is 0 Å². The van der Waals surface area contributed by atoms with Gasteiger partial charge in [-0.05, 0) is 0 Å². The van der Waals surface area contributed by atoms with Gasteiger partial charge in [0.1, 0.15) is 0 Å². The van der Waals surface area contributed by atoms with Crippen LogP contribution in [-0.4, -0.2) is 61.9 Å². The fraction of sp³-hybridized carbons (Fsp3) is 0.278. The first-order valence-electron chi connectivity index (χ1n) is 8.41. The third-order valence-corrected chi connectivity index (χ3v) is 5.03. The molecule has 6 nitrogen and oxygen atoms in total. The van der Waals surface area contributed by atoms with Crippen molar-refractivity contribution in [2.45, 2.75) is 11.7 Å². The Hall–Kier alpha value is -2.21. The summed E-state index contributed by atoms with van der Waals surface area (Å²) in [5, 5.41) is 4.59. The Morgan fingerprint density at radius 2 is 2.08 bits per heavy atom. The van der Waals surface area contributed by atoms with Gasteiger partial charge < -0.3 is 0 Å². The molecule has 0 amide bonds. The number of anilines is 1. The molecule has 4 rings (SSSR count). The average Bonchev–Trinajstić information content (AvgIpc) is 3.14. The predicted octanol–water partition coefficient (Wildman–Crippen LogP) is 1.25. The van der Waals surface area contributed by atoms with E-state index in [1.807, 2.05) is 31.6 Å². The van der Waals surface area contributed by atoms with Crippen LogP contribution >= 0.6 is 0 Å². The van der Waals surface area contributed by atoms with Crippen LogP contribution in [0, 0.1) is 0 Å². The van der Waals surface area contributed by atoms with Crippen LogP contribution in [0.15, 0.2) is 36.7 Å². The molecule has 0 aliphatic carbocycles. The number of benzene rings is 1. The topological polar surface area (TPSA) is 49.7 Å². The quantitative estimate of drug-likeness (QED) is 0.385. The summed E-state index contributed by atoms with van der Waals surface area (Å²) in [6.07, 6.45) is 5.06. The molecule has 1 aromatic carbocycles. The molecule has 7 heteroatoms. The number of nitrogens with one attached hydrogen (secondary N) is 2. The zero-order chi connectivity index (χ0) is 17.4. The number of hydrogen-bond donors (Lipinski definition) is 2. The van der Waals surface area contributed by atoms with Crippen molar-refractivity contribution in [3.8, 4) is 11.3 Å². The summed E-state index contributed by atoms with van der Waals surface area (Å²) in [7, 11) is 4.14. The van der Waals surface area contributed by atoms with Crippen LogP contribution in [0.5, 0.6) is 0 Å². The number of fused-ring (bicyclic) bond motifs is 3. The van der Waals surface area contributed by atoms with Crippen molar-refractivity contribution in [3.05, 3.63) is 36.7 Å². The van der Waals surface area contributed by atoms with Crippen LogP contribution in [0.1, 0.15) is 6.42 Å². The van der Waals surface area contributed by atoms with E-state index in [-0.39, 0.29) is 0 Å². The molecule has 2 N–H and O–H groups in total. The summed E-state index contributed by atoms with van der Waals surface area (Å²) < 4.78 is 4.18.